The zero-order valence-electron chi connectivity index (χ0n) is 10.0. The molecule has 2 rings (SSSR count). The van der Waals surface area contributed by atoms with Crippen molar-refractivity contribution in [2.75, 3.05) is 0 Å². The summed E-state index contributed by atoms with van der Waals surface area (Å²) in [5.41, 5.74) is -0.643. The van der Waals surface area contributed by atoms with Crippen LogP contribution in [0.15, 0.2) is 33.5 Å². The van der Waals surface area contributed by atoms with Crippen molar-refractivity contribution >= 4 is 22.9 Å². The molecule has 1 heterocycles. The second-order valence-electron chi connectivity index (χ2n) is 3.88. The van der Waals surface area contributed by atoms with Gasteiger partial charge in [-0.1, -0.05) is 11.8 Å². The van der Waals surface area contributed by atoms with E-state index in [1.807, 2.05) is 0 Å². The van der Waals surface area contributed by atoms with Gasteiger partial charge in [0.2, 0.25) is 0 Å². The molecule has 6 nitrogen and oxygen atoms in total. The number of carbonyl (C=O) groups is 2. The summed E-state index contributed by atoms with van der Waals surface area (Å²) in [6, 6.07) is 5.76. The lowest BCUT2D eigenvalue weighted by molar-refractivity contribution is -0.135. The number of fused-ring (bicyclic) bond motifs is 1. The van der Waals surface area contributed by atoms with Crippen molar-refractivity contribution in [1.29, 1.82) is 0 Å². The van der Waals surface area contributed by atoms with E-state index in [-0.39, 0.29) is 12.0 Å². The van der Waals surface area contributed by atoms with Crippen LogP contribution >= 0.6 is 0 Å². The predicted molar refractivity (Wildman–Crippen MR) is 68.6 cm³/mol. The summed E-state index contributed by atoms with van der Waals surface area (Å²) in [5.74, 6) is 2.69. The minimum atomic E-state index is -1.37. The van der Waals surface area contributed by atoms with Gasteiger partial charge in [0.15, 0.2) is 0 Å². The van der Waals surface area contributed by atoms with Crippen LogP contribution in [0.4, 0.5) is 0 Å². The van der Waals surface area contributed by atoms with Gasteiger partial charge < -0.3 is 14.6 Å². The van der Waals surface area contributed by atoms with Crippen LogP contribution in [0.5, 0.6) is 0 Å². The first-order chi connectivity index (χ1) is 9.47. The van der Waals surface area contributed by atoms with E-state index in [1.165, 1.54) is 18.2 Å². The highest BCUT2D eigenvalue weighted by Crippen LogP contribution is 2.15. The minimum absolute atomic E-state index is 0.240. The van der Waals surface area contributed by atoms with E-state index in [2.05, 4.69) is 11.8 Å². The van der Waals surface area contributed by atoms with Gasteiger partial charge in [-0.3, -0.25) is 4.79 Å². The van der Waals surface area contributed by atoms with Crippen LogP contribution in [-0.2, 0) is 4.79 Å². The van der Waals surface area contributed by atoms with Gasteiger partial charge in [-0.05, 0) is 24.3 Å². The maximum atomic E-state index is 11.4. The number of hydrogen-bond acceptors (Lipinski definition) is 4. The Morgan fingerprint density at radius 1 is 1.20 bits per heavy atom. The van der Waals surface area contributed by atoms with Crippen molar-refractivity contribution in [1.82, 2.24) is 0 Å². The van der Waals surface area contributed by atoms with Crippen LogP contribution in [0, 0.1) is 11.8 Å². The average molecular weight is 272 g/mol. The van der Waals surface area contributed by atoms with Crippen LogP contribution in [-0.4, -0.2) is 22.2 Å². The number of carboxylic acid groups (broad SMARTS) is 2. The highest BCUT2D eigenvalue weighted by atomic mass is 16.4. The van der Waals surface area contributed by atoms with Crippen LogP contribution < -0.4 is 5.63 Å². The molecule has 100 valence electrons. The number of carboxylic acids is 2. The Bertz CT molecular complexity index is 819. The van der Waals surface area contributed by atoms with Crippen LogP contribution in [0.25, 0.3) is 11.0 Å². The first kappa shape index (κ1) is 13.4. The third-order valence-corrected chi connectivity index (χ3v) is 2.43. The molecule has 20 heavy (non-hydrogen) atoms. The molecule has 0 spiro atoms. The molecular formula is C14H8O6. The molecule has 0 aliphatic carbocycles. The summed E-state index contributed by atoms with van der Waals surface area (Å²) < 4.78 is 4.87. The Morgan fingerprint density at radius 2 is 1.95 bits per heavy atom. The van der Waals surface area contributed by atoms with Crippen molar-refractivity contribution in [3.63, 3.8) is 0 Å². The number of benzene rings is 1. The van der Waals surface area contributed by atoms with E-state index >= 15 is 0 Å². The Balaban J connectivity index is 2.49. The lowest BCUT2D eigenvalue weighted by Crippen LogP contribution is -2.12. The molecule has 0 saturated heterocycles. The van der Waals surface area contributed by atoms with Crippen molar-refractivity contribution in [2.45, 2.75) is 6.42 Å². The normalized spacial score (nSPS) is 9.80. The maximum Gasteiger partial charge on any atom is 0.351 e. The van der Waals surface area contributed by atoms with Gasteiger partial charge in [0.1, 0.15) is 17.6 Å². The predicted octanol–water partition coefficient (Wildman–Crippen LogP) is 1.32. The topological polar surface area (TPSA) is 105 Å². The molecule has 1 aromatic heterocycles. The largest absolute Gasteiger partial charge is 0.481 e. The fourth-order valence-corrected chi connectivity index (χ4v) is 1.57. The molecule has 0 unspecified atom stereocenters. The van der Waals surface area contributed by atoms with Crippen molar-refractivity contribution in [2.24, 2.45) is 0 Å². The number of aliphatic carboxylic acids is 1. The van der Waals surface area contributed by atoms with Crippen molar-refractivity contribution in [3.05, 3.63) is 45.8 Å². The lowest BCUT2D eigenvalue weighted by Gasteiger charge is -1.99. The Labute approximate surface area is 112 Å². The van der Waals surface area contributed by atoms with E-state index in [9.17, 15) is 14.4 Å². The van der Waals surface area contributed by atoms with Gasteiger partial charge in [0.25, 0.3) is 0 Å². The van der Waals surface area contributed by atoms with Crippen molar-refractivity contribution < 1.29 is 24.2 Å². The Kier molecular flexibility index (Phi) is 3.53. The maximum absolute atomic E-state index is 11.4. The molecule has 0 aliphatic heterocycles. The molecule has 0 saturated carbocycles. The molecule has 2 aromatic rings. The highest BCUT2D eigenvalue weighted by molar-refractivity contribution is 5.91. The quantitative estimate of drug-likeness (QED) is 0.631. The van der Waals surface area contributed by atoms with E-state index in [0.29, 0.717) is 10.9 Å². The zero-order valence-corrected chi connectivity index (χ0v) is 10.0. The van der Waals surface area contributed by atoms with Gasteiger partial charge in [0, 0.05) is 10.9 Å². The molecule has 0 atom stereocenters. The first-order valence-electron chi connectivity index (χ1n) is 5.49. The van der Waals surface area contributed by atoms with E-state index in [0.717, 1.165) is 0 Å². The minimum Gasteiger partial charge on any atom is -0.481 e. The van der Waals surface area contributed by atoms with E-state index in [4.69, 9.17) is 14.6 Å². The number of rotatable bonds is 2. The second kappa shape index (κ2) is 5.28. The Morgan fingerprint density at radius 3 is 2.60 bits per heavy atom. The van der Waals surface area contributed by atoms with Crippen LogP contribution in [0.2, 0.25) is 0 Å². The second-order valence-corrected chi connectivity index (χ2v) is 3.88. The molecule has 0 bridgehead atoms. The monoisotopic (exact) mass is 272 g/mol. The fraction of sp³-hybridized carbons (Fsp3) is 0.0714. The van der Waals surface area contributed by atoms with Gasteiger partial charge >= 0.3 is 17.6 Å². The molecule has 0 radical (unpaired) electrons. The summed E-state index contributed by atoms with van der Waals surface area (Å²) in [5, 5.41) is 17.7. The summed E-state index contributed by atoms with van der Waals surface area (Å²) in [6.07, 6.45) is -0.289. The van der Waals surface area contributed by atoms with Crippen LogP contribution in [0.1, 0.15) is 22.3 Å². The summed E-state index contributed by atoms with van der Waals surface area (Å²) in [6.45, 7) is 0. The number of hydrogen-bond donors (Lipinski definition) is 2. The average Bonchev–Trinajstić information content (AvgIpc) is 2.37. The summed E-state index contributed by atoms with van der Waals surface area (Å²) >= 11 is 0. The lowest BCUT2D eigenvalue weighted by atomic mass is 10.1. The molecule has 2 N–H and O–H groups in total. The van der Waals surface area contributed by atoms with Crippen molar-refractivity contribution in [3.8, 4) is 11.8 Å². The first-order valence-corrected chi connectivity index (χ1v) is 5.49. The summed E-state index contributed by atoms with van der Waals surface area (Å²) in [4.78, 5) is 32.6. The van der Waals surface area contributed by atoms with Gasteiger partial charge in [-0.25, -0.2) is 9.59 Å². The van der Waals surface area contributed by atoms with Gasteiger partial charge in [0.05, 0.1) is 0 Å². The van der Waals surface area contributed by atoms with E-state index < -0.39 is 23.1 Å². The fourth-order valence-electron chi connectivity index (χ4n) is 1.57. The van der Waals surface area contributed by atoms with Crippen LogP contribution in [0.3, 0.4) is 0 Å². The molecule has 0 fully saturated rings. The van der Waals surface area contributed by atoms with Gasteiger partial charge in [-0.2, -0.15) is 0 Å². The molecule has 6 heteroatoms. The van der Waals surface area contributed by atoms with Gasteiger partial charge in [-0.15, -0.1) is 0 Å². The highest BCUT2D eigenvalue weighted by Gasteiger charge is 2.11. The van der Waals surface area contributed by atoms with E-state index in [1.54, 1.807) is 6.07 Å². The summed E-state index contributed by atoms with van der Waals surface area (Å²) in [7, 11) is 0. The molecular weight excluding hydrogens is 264 g/mol. The standard InChI is InChI=1S/C14H8O6/c15-12(16)3-1-2-8-4-5-11-9(6-8)7-10(13(17)18)14(19)20-11/h4-7H,3H2,(H,15,16)(H,17,18). The third-order valence-electron chi connectivity index (χ3n) is 2.43. The third kappa shape index (κ3) is 2.84. The molecule has 1 aromatic carbocycles. The molecule has 0 amide bonds. The zero-order chi connectivity index (χ0) is 14.7. The molecule has 0 aliphatic rings. The number of aromatic carboxylic acids is 1. The SMILES string of the molecule is O=C(O)CC#Cc1ccc2oc(=O)c(C(=O)O)cc2c1. The smallest absolute Gasteiger partial charge is 0.351 e. The Hall–Kier alpha value is -3.07.